The van der Waals surface area contributed by atoms with E-state index in [0.717, 1.165) is 44.5 Å². The first kappa shape index (κ1) is 23.5. The summed E-state index contributed by atoms with van der Waals surface area (Å²) in [4.78, 5) is 1.76. The molecule has 0 fully saturated rings. The third kappa shape index (κ3) is 4.56. The Hall–Kier alpha value is -2.16. The van der Waals surface area contributed by atoms with Gasteiger partial charge in [0, 0.05) is 48.4 Å². The van der Waals surface area contributed by atoms with Gasteiger partial charge in [-0.3, -0.25) is 0 Å². The van der Waals surface area contributed by atoms with Crippen LogP contribution in [0.3, 0.4) is 0 Å². The smallest absolute Gasteiger partial charge is 0.744 e. The van der Waals surface area contributed by atoms with Crippen LogP contribution in [0.1, 0.15) is 0 Å². The third-order valence-electron chi connectivity index (χ3n) is 5.15. The molecule has 0 saturated heterocycles. The van der Waals surface area contributed by atoms with Crippen LogP contribution in [-0.2, 0) is 10.1 Å². The van der Waals surface area contributed by atoms with E-state index >= 15 is 0 Å². The summed E-state index contributed by atoms with van der Waals surface area (Å²) < 4.78 is 42.3. The van der Waals surface area contributed by atoms with Crippen LogP contribution in [0, 0.1) is 0 Å². The van der Waals surface area contributed by atoms with E-state index in [4.69, 9.17) is 4.42 Å². The van der Waals surface area contributed by atoms with Gasteiger partial charge in [-0.05, 0) is 35.9 Å². The van der Waals surface area contributed by atoms with Gasteiger partial charge in [0.1, 0.15) is 35.6 Å². The number of hydrogen-bond acceptors (Lipinski definition) is 5. The maximum absolute atomic E-state index is 11.3. The Labute approximate surface area is 203 Å². The van der Waals surface area contributed by atoms with Gasteiger partial charge in [-0.25, -0.2) is 13.0 Å². The van der Waals surface area contributed by atoms with E-state index in [1.165, 1.54) is 12.1 Å². The maximum Gasteiger partial charge on any atom is 1.00 e. The Morgan fingerprint density at radius 2 is 1.61 bits per heavy atom. The zero-order valence-electron chi connectivity index (χ0n) is 18.2. The number of anilines is 1. The molecule has 0 radical (unpaired) electrons. The molecule has 1 heterocycles. The number of benzene rings is 3. The monoisotopic (exact) mass is 445 g/mol. The molecule has 2 aromatic carbocycles. The summed E-state index contributed by atoms with van der Waals surface area (Å²) in [5.74, 6) is 0.722. The van der Waals surface area contributed by atoms with Gasteiger partial charge >= 0.3 is 29.6 Å². The van der Waals surface area contributed by atoms with E-state index in [-0.39, 0.29) is 34.5 Å². The van der Waals surface area contributed by atoms with Crippen molar-refractivity contribution in [3.63, 3.8) is 0 Å². The Morgan fingerprint density at radius 3 is 2.19 bits per heavy atom. The molecule has 4 rings (SSSR count). The second kappa shape index (κ2) is 8.76. The Morgan fingerprint density at radius 1 is 0.935 bits per heavy atom. The predicted octanol–water partition coefficient (Wildman–Crippen LogP) is 0.211. The summed E-state index contributed by atoms with van der Waals surface area (Å²) in [5, 5.41) is 1.91. The quantitative estimate of drug-likeness (QED) is 0.195. The van der Waals surface area contributed by atoms with Crippen molar-refractivity contribution in [2.24, 2.45) is 0 Å². The van der Waals surface area contributed by atoms with Gasteiger partial charge in [-0.15, -0.1) is 0 Å². The molecule has 0 spiro atoms. The van der Waals surface area contributed by atoms with Crippen LogP contribution in [0.4, 0.5) is 5.69 Å². The Bertz CT molecular complexity index is 1400. The van der Waals surface area contributed by atoms with Crippen molar-refractivity contribution in [1.29, 1.82) is 0 Å². The van der Waals surface area contributed by atoms with Gasteiger partial charge in [0.05, 0.1) is 11.0 Å². The largest absolute Gasteiger partial charge is 1.00 e. The summed E-state index contributed by atoms with van der Waals surface area (Å²) in [6.45, 7) is 0. The molecule has 154 valence electrons. The molecule has 6 nitrogen and oxygen atoms in total. The minimum Gasteiger partial charge on any atom is -0.744 e. The summed E-state index contributed by atoms with van der Waals surface area (Å²) in [6, 6.07) is 18.0. The fourth-order valence-corrected chi connectivity index (χ4v) is 3.99. The molecule has 31 heavy (non-hydrogen) atoms. The van der Waals surface area contributed by atoms with Gasteiger partial charge in [0.15, 0.2) is 0 Å². The van der Waals surface area contributed by atoms with Crippen LogP contribution >= 0.6 is 0 Å². The first-order valence-electron chi connectivity index (χ1n) is 9.40. The van der Waals surface area contributed by atoms with Crippen LogP contribution < -0.4 is 44.4 Å². The summed E-state index contributed by atoms with van der Waals surface area (Å²) in [5.41, 5.74) is 4.37. The summed E-state index contributed by atoms with van der Waals surface area (Å²) in [6.07, 6.45) is 0. The average Bonchev–Trinajstić information content (AvgIpc) is 2.70. The molecular weight excluding hydrogens is 423 g/mol. The fraction of sp³-hybridized carbons (Fsp3) is 0.174. The molecule has 0 amide bonds. The molecule has 2 aromatic rings. The van der Waals surface area contributed by atoms with Crippen molar-refractivity contribution < 1.29 is 46.9 Å². The number of hydrogen-bond donors (Lipinski definition) is 0. The van der Waals surface area contributed by atoms with Gasteiger partial charge in [-0.2, -0.15) is 0 Å². The van der Waals surface area contributed by atoms with Crippen molar-refractivity contribution in [2.75, 3.05) is 33.1 Å². The summed E-state index contributed by atoms with van der Waals surface area (Å²) in [7, 11) is 3.37. The van der Waals surface area contributed by atoms with Crippen LogP contribution in [0.15, 0.2) is 70.0 Å². The van der Waals surface area contributed by atoms with Crippen molar-refractivity contribution >= 4 is 26.8 Å². The zero-order valence-corrected chi connectivity index (χ0v) is 21.0. The van der Waals surface area contributed by atoms with E-state index in [1.54, 1.807) is 12.1 Å². The van der Waals surface area contributed by atoms with E-state index in [9.17, 15) is 13.0 Å². The molecule has 1 aliphatic carbocycles. The van der Waals surface area contributed by atoms with Crippen LogP contribution in [0.2, 0.25) is 0 Å². The Kier molecular flexibility index (Phi) is 6.64. The van der Waals surface area contributed by atoms with E-state index in [1.807, 2.05) is 74.1 Å². The number of nitrogens with zero attached hydrogens (tertiary/aromatic N) is 2. The second-order valence-electron chi connectivity index (χ2n) is 7.61. The van der Waals surface area contributed by atoms with Crippen molar-refractivity contribution in [3.8, 4) is 22.5 Å². The maximum atomic E-state index is 11.3. The molecule has 8 heteroatoms. The standard InChI is InChI=1S/C23H22N2O4S.Na/c1-24(2)16-7-11-19-21(13-16)29-22-14-17(25(3)4)8-12-20(22)23(19)15-5-9-18(10-6-15)30(26,27)28;/h5-14H,1-4H3;/q;+1. The molecule has 0 atom stereocenters. The Balaban J connectivity index is 0.00000272. The zero-order chi connectivity index (χ0) is 21.6. The van der Waals surface area contributed by atoms with Crippen LogP contribution in [-0.4, -0.2) is 41.2 Å². The molecule has 0 N–H and O–H groups in total. The summed E-state index contributed by atoms with van der Waals surface area (Å²) >= 11 is 0. The van der Waals surface area contributed by atoms with Gasteiger partial charge in [-0.1, -0.05) is 12.1 Å². The molecule has 2 aliphatic rings. The van der Waals surface area contributed by atoms with Gasteiger partial charge < -0.3 is 13.9 Å². The van der Waals surface area contributed by atoms with Crippen molar-refractivity contribution in [3.05, 3.63) is 66.0 Å². The average molecular weight is 445 g/mol. The van der Waals surface area contributed by atoms with Gasteiger partial charge in [0.25, 0.3) is 0 Å². The SMILES string of the molecule is CN(C)c1ccc2c(-c3ccc(S(=O)(=O)[O-])cc3)c3ccc(=[N+](C)C)cc-3oc2c1.[Na+]. The third-order valence-corrected chi connectivity index (χ3v) is 6.00. The topological polar surface area (TPSA) is 76.6 Å². The number of rotatable bonds is 3. The predicted molar refractivity (Wildman–Crippen MR) is 118 cm³/mol. The minimum atomic E-state index is -4.50. The first-order valence-corrected chi connectivity index (χ1v) is 10.8. The van der Waals surface area contributed by atoms with Crippen LogP contribution in [0.25, 0.3) is 33.4 Å². The van der Waals surface area contributed by atoms with Crippen LogP contribution in [0.5, 0.6) is 0 Å². The van der Waals surface area contributed by atoms with E-state index < -0.39 is 10.1 Å². The molecule has 1 aliphatic heterocycles. The van der Waals surface area contributed by atoms with E-state index in [2.05, 4.69) is 0 Å². The number of fused-ring (bicyclic) bond motifs is 2. The molecular formula is C23H22N2NaO4S+. The van der Waals surface area contributed by atoms with Crippen molar-refractivity contribution in [2.45, 2.75) is 4.90 Å². The van der Waals surface area contributed by atoms with E-state index in [0.29, 0.717) is 0 Å². The van der Waals surface area contributed by atoms with Crippen molar-refractivity contribution in [1.82, 2.24) is 4.58 Å². The minimum absolute atomic E-state index is 0. The second-order valence-corrected chi connectivity index (χ2v) is 8.98. The molecule has 0 unspecified atom stereocenters. The molecule has 0 saturated carbocycles. The normalized spacial score (nSPS) is 11.4. The molecule has 0 aromatic heterocycles. The first-order chi connectivity index (χ1) is 14.1. The van der Waals surface area contributed by atoms with Gasteiger partial charge in [0.2, 0.25) is 5.36 Å². The molecule has 0 bridgehead atoms. The fourth-order valence-electron chi connectivity index (χ4n) is 3.52.